The Hall–Kier alpha value is -1.95. The quantitative estimate of drug-likeness (QED) is 0.800. The third-order valence-electron chi connectivity index (χ3n) is 6.67. The predicted molar refractivity (Wildman–Crippen MR) is 103 cm³/mol. The molecule has 3 aliphatic heterocycles. The molecule has 152 valence electrons. The van der Waals surface area contributed by atoms with Crippen molar-refractivity contribution < 1.29 is 18.7 Å². The molecule has 3 heterocycles. The van der Waals surface area contributed by atoms with Crippen LogP contribution < -0.4 is 0 Å². The molecule has 1 atom stereocenters. The molecule has 0 radical (unpaired) electrons. The van der Waals surface area contributed by atoms with Gasteiger partial charge in [0.05, 0.1) is 6.42 Å². The van der Waals surface area contributed by atoms with E-state index >= 15 is 0 Å². The van der Waals surface area contributed by atoms with E-state index in [1.807, 2.05) is 4.90 Å². The fraction of sp³-hybridized carbons (Fsp3) is 0.636. The Balaban J connectivity index is 1.61. The molecule has 0 aromatic heterocycles. The summed E-state index contributed by atoms with van der Waals surface area (Å²) in [5.74, 6) is -0.310. The van der Waals surface area contributed by atoms with E-state index in [9.17, 15) is 14.0 Å². The minimum absolute atomic E-state index is 0.0753. The van der Waals surface area contributed by atoms with Gasteiger partial charge in [0.1, 0.15) is 11.9 Å². The topological polar surface area (TPSA) is 49.9 Å². The molecular formula is C22H29FN2O3. The highest BCUT2D eigenvalue weighted by Crippen LogP contribution is 2.45. The van der Waals surface area contributed by atoms with Gasteiger partial charge in [0.15, 0.2) is 0 Å². The Morgan fingerprint density at radius 1 is 1.07 bits per heavy atom. The lowest BCUT2D eigenvalue weighted by atomic mass is 9.67. The lowest BCUT2D eigenvalue weighted by molar-refractivity contribution is -0.160. The molecule has 3 aliphatic rings. The maximum Gasteiger partial charge on any atom is 0.245 e. The minimum atomic E-state index is -0.413. The summed E-state index contributed by atoms with van der Waals surface area (Å²) in [6, 6.07) is 5.77. The van der Waals surface area contributed by atoms with Gasteiger partial charge in [-0.1, -0.05) is 12.1 Å². The van der Waals surface area contributed by atoms with Crippen molar-refractivity contribution in [2.45, 2.75) is 51.0 Å². The van der Waals surface area contributed by atoms with Gasteiger partial charge in [0.25, 0.3) is 0 Å². The Kier molecular flexibility index (Phi) is 5.67. The summed E-state index contributed by atoms with van der Waals surface area (Å²) >= 11 is 0. The first-order valence-corrected chi connectivity index (χ1v) is 10.5. The molecule has 5 nitrogen and oxygen atoms in total. The van der Waals surface area contributed by atoms with Crippen molar-refractivity contribution in [2.24, 2.45) is 5.41 Å². The maximum absolute atomic E-state index is 13.6. The van der Waals surface area contributed by atoms with Gasteiger partial charge in [-0.05, 0) is 56.2 Å². The van der Waals surface area contributed by atoms with E-state index in [0.717, 1.165) is 51.6 Å². The zero-order valence-corrected chi connectivity index (χ0v) is 16.4. The third-order valence-corrected chi connectivity index (χ3v) is 6.67. The van der Waals surface area contributed by atoms with Crippen LogP contribution in [0, 0.1) is 11.2 Å². The van der Waals surface area contributed by atoms with Crippen LogP contribution in [0.25, 0.3) is 0 Å². The van der Waals surface area contributed by atoms with Crippen LogP contribution in [-0.2, 0) is 20.7 Å². The number of nitrogens with zero attached hydrogens (tertiary/aromatic N) is 2. The second-order valence-corrected chi connectivity index (χ2v) is 8.41. The van der Waals surface area contributed by atoms with E-state index in [0.29, 0.717) is 25.3 Å². The first kappa shape index (κ1) is 19.4. The summed E-state index contributed by atoms with van der Waals surface area (Å²) in [6.45, 7) is 3.47. The Morgan fingerprint density at radius 2 is 1.82 bits per heavy atom. The van der Waals surface area contributed by atoms with Gasteiger partial charge in [0, 0.05) is 38.3 Å². The number of piperidine rings is 1. The molecule has 1 unspecified atom stereocenters. The third kappa shape index (κ3) is 3.79. The number of ether oxygens (including phenoxy) is 1. The van der Waals surface area contributed by atoms with Gasteiger partial charge in [0.2, 0.25) is 11.8 Å². The lowest BCUT2D eigenvalue weighted by Gasteiger charge is -2.51. The molecule has 0 bridgehead atoms. The number of hydrogen-bond donors (Lipinski definition) is 0. The van der Waals surface area contributed by atoms with E-state index in [4.69, 9.17) is 4.74 Å². The van der Waals surface area contributed by atoms with Crippen LogP contribution in [0.15, 0.2) is 24.3 Å². The molecule has 6 heteroatoms. The van der Waals surface area contributed by atoms with Crippen molar-refractivity contribution in [3.05, 3.63) is 35.6 Å². The molecule has 1 aromatic carbocycles. The fourth-order valence-electron chi connectivity index (χ4n) is 5.20. The normalized spacial score (nSPS) is 24.5. The Bertz CT molecular complexity index is 721. The van der Waals surface area contributed by atoms with E-state index < -0.39 is 6.04 Å². The van der Waals surface area contributed by atoms with Gasteiger partial charge in [-0.3, -0.25) is 9.59 Å². The molecule has 4 rings (SSSR count). The number of benzene rings is 1. The second kappa shape index (κ2) is 8.19. The van der Waals surface area contributed by atoms with E-state index in [-0.39, 0.29) is 29.5 Å². The number of hydrogen-bond acceptors (Lipinski definition) is 3. The largest absolute Gasteiger partial charge is 0.381 e. The molecule has 1 aromatic rings. The highest BCUT2D eigenvalue weighted by Gasteiger charge is 2.51. The Morgan fingerprint density at radius 3 is 2.54 bits per heavy atom. The SMILES string of the molecule is O=C(C1N(C(=O)Cc2cccc(F)c2)CCCC12CCOCC2)N1CCCC1. The van der Waals surface area contributed by atoms with Crippen molar-refractivity contribution in [1.82, 2.24) is 9.80 Å². The van der Waals surface area contributed by atoms with Crippen LogP contribution >= 0.6 is 0 Å². The average Bonchev–Trinajstić information content (AvgIpc) is 3.23. The summed E-state index contributed by atoms with van der Waals surface area (Å²) in [4.78, 5) is 30.5. The number of halogens is 1. The molecule has 3 fully saturated rings. The molecule has 0 aliphatic carbocycles. The number of carbonyl (C=O) groups excluding carboxylic acids is 2. The van der Waals surface area contributed by atoms with Crippen molar-refractivity contribution >= 4 is 11.8 Å². The van der Waals surface area contributed by atoms with Crippen LogP contribution in [0.1, 0.15) is 44.1 Å². The van der Waals surface area contributed by atoms with Gasteiger partial charge in [-0.15, -0.1) is 0 Å². The zero-order valence-electron chi connectivity index (χ0n) is 16.4. The summed E-state index contributed by atoms with van der Waals surface area (Å²) in [7, 11) is 0. The standard InChI is InChI=1S/C22H29FN2O3/c23-18-6-3-5-17(15-18)16-19(26)25-12-4-7-22(8-13-28-14-9-22)20(25)21(27)24-10-1-2-11-24/h3,5-6,15,20H,1-2,4,7-14,16H2. The molecule has 3 saturated heterocycles. The summed E-state index contributed by atoms with van der Waals surface area (Å²) in [5.41, 5.74) is 0.470. The molecule has 2 amide bonds. The lowest BCUT2D eigenvalue weighted by Crippen LogP contribution is -2.62. The monoisotopic (exact) mass is 388 g/mol. The average molecular weight is 388 g/mol. The van der Waals surface area contributed by atoms with Crippen LogP contribution in [0.4, 0.5) is 4.39 Å². The number of amides is 2. The Labute approximate surface area is 165 Å². The molecule has 0 saturated carbocycles. The molecule has 0 N–H and O–H groups in total. The van der Waals surface area contributed by atoms with Gasteiger partial charge in [-0.25, -0.2) is 4.39 Å². The zero-order chi connectivity index (χ0) is 19.6. The first-order valence-electron chi connectivity index (χ1n) is 10.5. The molecule has 1 spiro atoms. The molecule has 28 heavy (non-hydrogen) atoms. The van der Waals surface area contributed by atoms with Gasteiger partial charge in [-0.2, -0.15) is 0 Å². The van der Waals surface area contributed by atoms with E-state index in [2.05, 4.69) is 0 Å². The van der Waals surface area contributed by atoms with Crippen molar-refractivity contribution in [1.29, 1.82) is 0 Å². The highest BCUT2D eigenvalue weighted by molar-refractivity contribution is 5.89. The molecular weight excluding hydrogens is 359 g/mol. The number of rotatable bonds is 3. The summed E-state index contributed by atoms with van der Waals surface area (Å²) < 4.78 is 19.1. The number of likely N-dealkylation sites (tertiary alicyclic amines) is 2. The predicted octanol–water partition coefficient (Wildman–Crippen LogP) is 2.78. The van der Waals surface area contributed by atoms with Crippen LogP contribution in [0.3, 0.4) is 0 Å². The summed E-state index contributed by atoms with van der Waals surface area (Å²) in [6.07, 6.45) is 5.71. The van der Waals surface area contributed by atoms with Crippen LogP contribution in [-0.4, -0.2) is 60.5 Å². The van der Waals surface area contributed by atoms with Crippen molar-refractivity contribution in [2.75, 3.05) is 32.8 Å². The number of carbonyl (C=O) groups is 2. The van der Waals surface area contributed by atoms with Crippen LogP contribution in [0.5, 0.6) is 0 Å². The highest BCUT2D eigenvalue weighted by atomic mass is 19.1. The van der Waals surface area contributed by atoms with Gasteiger partial charge < -0.3 is 14.5 Å². The van der Waals surface area contributed by atoms with E-state index in [1.54, 1.807) is 17.0 Å². The van der Waals surface area contributed by atoms with Gasteiger partial charge >= 0.3 is 0 Å². The second-order valence-electron chi connectivity index (χ2n) is 8.41. The summed E-state index contributed by atoms with van der Waals surface area (Å²) in [5, 5.41) is 0. The smallest absolute Gasteiger partial charge is 0.245 e. The maximum atomic E-state index is 13.6. The first-order chi connectivity index (χ1) is 13.6. The van der Waals surface area contributed by atoms with E-state index in [1.165, 1.54) is 12.1 Å². The van der Waals surface area contributed by atoms with Crippen LogP contribution in [0.2, 0.25) is 0 Å². The van der Waals surface area contributed by atoms with Crippen molar-refractivity contribution in [3.8, 4) is 0 Å². The van der Waals surface area contributed by atoms with Crippen molar-refractivity contribution in [3.63, 3.8) is 0 Å². The minimum Gasteiger partial charge on any atom is -0.381 e. The fourth-order valence-corrected chi connectivity index (χ4v) is 5.20.